The van der Waals surface area contributed by atoms with Crippen LogP contribution in [0.25, 0.3) is 0 Å². The van der Waals surface area contributed by atoms with E-state index in [2.05, 4.69) is 32.6 Å². The molecule has 1 rings (SSSR count). The SMILES string of the molecule is COCCN(CC(C)C)C1(CN)CC(C(C)C)C1. The zero-order chi connectivity index (χ0) is 13.8. The summed E-state index contributed by atoms with van der Waals surface area (Å²) < 4.78 is 5.25. The molecule has 0 radical (unpaired) electrons. The molecule has 0 atom stereocenters. The third-order valence-electron chi connectivity index (χ3n) is 4.43. The molecule has 0 aromatic rings. The van der Waals surface area contributed by atoms with E-state index in [4.69, 9.17) is 10.5 Å². The first-order valence-corrected chi connectivity index (χ1v) is 7.39. The summed E-state index contributed by atoms with van der Waals surface area (Å²) in [5.74, 6) is 2.32. The van der Waals surface area contributed by atoms with Gasteiger partial charge in [-0.3, -0.25) is 4.90 Å². The molecule has 0 aliphatic heterocycles. The van der Waals surface area contributed by atoms with Gasteiger partial charge in [0.15, 0.2) is 0 Å². The maximum Gasteiger partial charge on any atom is 0.0589 e. The highest BCUT2D eigenvalue weighted by atomic mass is 16.5. The van der Waals surface area contributed by atoms with Crippen molar-refractivity contribution in [1.29, 1.82) is 0 Å². The molecule has 1 fully saturated rings. The van der Waals surface area contributed by atoms with Gasteiger partial charge in [-0.1, -0.05) is 27.7 Å². The first kappa shape index (κ1) is 15.9. The molecule has 0 heterocycles. The number of nitrogens with two attached hydrogens (primary N) is 1. The molecule has 0 amide bonds. The summed E-state index contributed by atoms with van der Waals surface area (Å²) in [5, 5.41) is 0. The second-order valence-corrected chi connectivity index (χ2v) is 6.67. The summed E-state index contributed by atoms with van der Waals surface area (Å²) in [6.45, 7) is 12.9. The Hall–Kier alpha value is -0.120. The third-order valence-corrected chi connectivity index (χ3v) is 4.43. The molecule has 18 heavy (non-hydrogen) atoms. The van der Waals surface area contributed by atoms with Gasteiger partial charge in [0.25, 0.3) is 0 Å². The van der Waals surface area contributed by atoms with E-state index in [9.17, 15) is 0 Å². The number of nitrogens with zero attached hydrogens (tertiary/aromatic N) is 1. The Morgan fingerprint density at radius 3 is 2.28 bits per heavy atom. The Morgan fingerprint density at radius 1 is 1.28 bits per heavy atom. The molecular formula is C15H32N2O. The molecule has 0 saturated heterocycles. The zero-order valence-corrected chi connectivity index (χ0v) is 12.9. The Labute approximate surface area is 113 Å². The molecule has 3 heteroatoms. The summed E-state index contributed by atoms with van der Waals surface area (Å²) >= 11 is 0. The van der Waals surface area contributed by atoms with Gasteiger partial charge in [0.1, 0.15) is 0 Å². The topological polar surface area (TPSA) is 38.5 Å². The van der Waals surface area contributed by atoms with Crippen LogP contribution in [0.3, 0.4) is 0 Å². The minimum atomic E-state index is 0.248. The summed E-state index contributed by atoms with van der Waals surface area (Å²) in [6, 6.07) is 0. The average Bonchev–Trinajstić information content (AvgIpc) is 2.23. The fourth-order valence-corrected chi connectivity index (χ4v) is 3.11. The van der Waals surface area contributed by atoms with Crippen LogP contribution in [0, 0.1) is 17.8 Å². The molecule has 2 N–H and O–H groups in total. The van der Waals surface area contributed by atoms with Gasteiger partial charge in [-0.25, -0.2) is 0 Å². The van der Waals surface area contributed by atoms with Gasteiger partial charge in [-0.05, 0) is 30.6 Å². The largest absolute Gasteiger partial charge is 0.383 e. The summed E-state index contributed by atoms with van der Waals surface area (Å²) in [6.07, 6.45) is 2.52. The van der Waals surface area contributed by atoms with Crippen LogP contribution in [0.1, 0.15) is 40.5 Å². The van der Waals surface area contributed by atoms with Crippen LogP contribution in [-0.4, -0.2) is 43.8 Å². The zero-order valence-electron chi connectivity index (χ0n) is 12.9. The average molecular weight is 256 g/mol. The smallest absolute Gasteiger partial charge is 0.0589 e. The molecule has 0 aromatic carbocycles. The number of hydrogen-bond donors (Lipinski definition) is 1. The fourth-order valence-electron chi connectivity index (χ4n) is 3.11. The Morgan fingerprint density at radius 2 is 1.89 bits per heavy atom. The first-order chi connectivity index (χ1) is 8.45. The van der Waals surface area contributed by atoms with E-state index in [1.807, 2.05) is 0 Å². The monoisotopic (exact) mass is 256 g/mol. The highest BCUT2D eigenvalue weighted by molar-refractivity contribution is 5.04. The van der Waals surface area contributed by atoms with Crippen LogP contribution in [0.5, 0.6) is 0 Å². The quantitative estimate of drug-likeness (QED) is 0.724. The lowest BCUT2D eigenvalue weighted by Gasteiger charge is -2.56. The molecule has 0 aromatic heterocycles. The lowest BCUT2D eigenvalue weighted by atomic mass is 9.63. The fraction of sp³-hybridized carbons (Fsp3) is 1.00. The van der Waals surface area contributed by atoms with Crippen LogP contribution < -0.4 is 5.73 Å². The predicted molar refractivity (Wildman–Crippen MR) is 77.6 cm³/mol. The second-order valence-electron chi connectivity index (χ2n) is 6.67. The van der Waals surface area contributed by atoms with Crippen molar-refractivity contribution < 1.29 is 4.74 Å². The number of rotatable bonds is 8. The van der Waals surface area contributed by atoms with Crippen molar-refractivity contribution in [1.82, 2.24) is 4.90 Å². The van der Waals surface area contributed by atoms with Crippen LogP contribution in [0.4, 0.5) is 0 Å². The minimum absolute atomic E-state index is 0.248. The molecule has 108 valence electrons. The van der Waals surface area contributed by atoms with Crippen LogP contribution >= 0.6 is 0 Å². The van der Waals surface area contributed by atoms with Gasteiger partial charge >= 0.3 is 0 Å². The molecule has 1 aliphatic carbocycles. The van der Waals surface area contributed by atoms with Gasteiger partial charge in [0, 0.05) is 32.3 Å². The number of methoxy groups -OCH3 is 1. The van der Waals surface area contributed by atoms with Gasteiger partial charge < -0.3 is 10.5 Å². The molecule has 1 saturated carbocycles. The van der Waals surface area contributed by atoms with Crippen LogP contribution in [0.2, 0.25) is 0 Å². The molecular weight excluding hydrogens is 224 g/mol. The van der Waals surface area contributed by atoms with Crippen molar-refractivity contribution in [3.63, 3.8) is 0 Å². The van der Waals surface area contributed by atoms with Crippen molar-refractivity contribution in [2.45, 2.75) is 46.1 Å². The van der Waals surface area contributed by atoms with Crippen molar-refractivity contribution in [3.05, 3.63) is 0 Å². The third kappa shape index (κ3) is 3.69. The summed E-state index contributed by atoms with van der Waals surface area (Å²) in [5.41, 5.74) is 6.34. The molecule has 0 spiro atoms. The van der Waals surface area contributed by atoms with E-state index in [0.717, 1.165) is 38.1 Å². The van der Waals surface area contributed by atoms with E-state index in [1.54, 1.807) is 7.11 Å². The van der Waals surface area contributed by atoms with E-state index >= 15 is 0 Å². The Balaban J connectivity index is 2.63. The van der Waals surface area contributed by atoms with Gasteiger partial charge in [-0.2, -0.15) is 0 Å². The molecule has 0 unspecified atom stereocenters. The Bertz CT molecular complexity index is 235. The lowest BCUT2D eigenvalue weighted by Crippen LogP contribution is -2.63. The van der Waals surface area contributed by atoms with Crippen molar-refractivity contribution in [3.8, 4) is 0 Å². The van der Waals surface area contributed by atoms with Gasteiger partial charge in [-0.15, -0.1) is 0 Å². The number of hydrogen-bond acceptors (Lipinski definition) is 3. The molecule has 1 aliphatic rings. The van der Waals surface area contributed by atoms with E-state index in [-0.39, 0.29) is 5.54 Å². The molecule has 3 nitrogen and oxygen atoms in total. The standard InChI is InChI=1S/C15H32N2O/c1-12(2)10-17(6-7-18-5)15(11-16)8-14(9-15)13(3)4/h12-14H,6-11,16H2,1-5H3. The Kier molecular flexibility index (Phi) is 6.09. The van der Waals surface area contributed by atoms with Crippen LogP contribution in [-0.2, 0) is 4.74 Å². The number of ether oxygens (including phenoxy) is 1. The van der Waals surface area contributed by atoms with E-state index in [0.29, 0.717) is 5.92 Å². The van der Waals surface area contributed by atoms with E-state index in [1.165, 1.54) is 12.8 Å². The van der Waals surface area contributed by atoms with Crippen molar-refractivity contribution >= 4 is 0 Å². The van der Waals surface area contributed by atoms with E-state index < -0.39 is 0 Å². The van der Waals surface area contributed by atoms with Crippen molar-refractivity contribution in [2.24, 2.45) is 23.5 Å². The van der Waals surface area contributed by atoms with Gasteiger partial charge in [0.05, 0.1) is 6.61 Å². The first-order valence-electron chi connectivity index (χ1n) is 7.39. The minimum Gasteiger partial charge on any atom is -0.383 e. The maximum absolute atomic E-state index is 6.10. The maximum atomic E-state index is 6.10. The highest BCUT2D eigenvalue weighted by Crippen LogP contribution is 2.45. The van der Waals surface area contributed by atoms with Gasteiger partial charge in [0.2, 0.25) is 0 Å². The van der Waals surface area contributed by atoms with Crippen LogP contribution in [0.15, 0.2) is 0 Å². The normalized spacial score (nSPS) is 28.2. The molecule has 0 bridgehead atoms. The van der Waals surface area contributed by atoms with Crippen molar-refractivity contribution in [2.75, 3.05) is 33.4 Å². The second kappa shape index (κ2) is 6.88. The lowest BCUT2D eigenvalue weighted by molar-refractivity contribution is -0.0499. The summed E-state index contributed by atoms with van der Waals surface area (Å²) in [4.78, 5) is 2.58. The highest BCUT2D eigenvalue weighted by Gasteiger charge is 2.47. The predicted octanol–water partition coefficient (Wildman–Crippen LogP) is 2.35. The summed E-state index contributed by atoms with van der Waals surface area (Å²) in [7, 11) is 1.78.